The fourth-order valence-corrected chi connectivity index (χ4v) is 1.51. The molecule has 1 heterocycles. The minimum Gasteiger partial charge on any atom is -0.486 e. The predicted octanol–water partition coefficient (Wildman–Crippen LogP) is 2.43. The van der Waals surface area contributed by atoms with E-state index < -0.39 is 28.0 Å². The Labute approximate surface area is 112 Å². The van der Waals surface area contributed by atoms with Gasteiger partial charge in [0.05, 0.1) is 11.0 Å². The van der Waals surface area contributed by atoms with E-state index in [1.54, 1.807) is 6.07 Å². The lowest BCUT2D eigenvalue weighted by Crippen LogP contribution is -2.01. The Hall–Kier alpha value is -2.77. The van der Waals surface area contributed by atoms with Crippen molar-refractivity contribution >= 4 is 11.5 Å². The molecule has 0 saturated carbocycles. The van der Waals surface area contributed by atoms with E-state index >= 15 is 0 Å². The van der Waals surface area contributed by atoms with Crippen molar-refractivity contribution in [3.63, 3.8) is 0 Å². The van der Waals surface area contributed by atoms with Crippen molar-refractivity contribution in [3.05, 3.63) is 57.8 Å². The molecule has 6 nitrogen and oxygen atoms in total. The second-order valence-corrected chi connectivity index (χ2v) is 3.87. The van der Waals surface area contributed by atoms with Crippen LogP contribution in [0.1, 0.15) is 5.56 Å². The minimum absolute atomic E-state index is 0.0686. The summed E-state index contributed by atoms with van der Waals surface area (Å²) in [4.78, 5) is 13.2. The molecule has 1 aromatic heterocycles. The summed E-state index contributed by atoms with van der Waals surface area (Å²) in [5.74, 6) is -2.33. The van der Waals surface area contributed by atoms with Crippen LogP contribution in [0.15, 0.2) is 30.5 Å². The van der Waals surface area contributed by atoms with Crippen molar-refractivity contribution in [2.24, 2.45) is 0 Å². The lowest BCUT2D eigenvalue weighted by molar-refractivity contribution is -0.387. The molecular formula is C12H9F2N3O3. The van der Waals surface area contributed by atoms with Crippen LogP contribution in [0.4, 0.5) is 20.3 Å². The summed E-state index contributed by atoms with van der Waals surface area (Å²) in [6, 6.07) is 4.22. The smallest absolute Gasteiger partial charge is 0.307 e. The second kappa shape index (κ2) is 5.47. The number of nitrogens with two attached hydrogens (primary N) is 1. The van der Waals surface area contributed by atoms with Crippen molar-refractivity contribution in [1.82, 2.24) is 4.98 Å². The largest absolute Gasteiger partial charge is 0.486 e. The van der Waals surface area contributed by atoms with Crippen molar-refractivity contribution in [1.29, 1.82) is 0 Å². The number of aromatic nitrogens is 1. The van der Waals surface area contributed by atoms with E-state index in [-0.39, 0.29) is 12.4 Å². The zero-order valence-electron chi connectivity index (χ0n) is 10.0. The third kappa shape index (κ3) is 2.97. The van der Waals surface area contributed by atoms with E-state index in [2.05, 4.69) is 4.98 Å². The molecule has 0 saturated heterocycles. The summed E-state index contributed by atoms with van der Waals surface area (Å²) < 4.78 is 32.0. The number of nitrogen functional groups attached to an aromatic ring is 1. The molecule has 0 unspecified atom stereocenters. The zero-order valence-corrected chi connectivity index (χ0v) is 10.0. The third-order valence-electron chi connectivity index (χ3n) is 2.44. The maximum Gasteiger partial charge on any atom is 0.307 e. The molecule has 2 N–H and O–H groups in total. The number of anilines is 1. The first kappa shape index (κ1) is 13.7. The van der Waals surface area contributed by atoms with Gasteiger partial charge in [-0.3, -0.25) is 10.1 Å². The van der Waals surface area contributed by atoms with Crippen LogP contribution in [-0.4, -0.2) is 9.91 Å². The van der Waals surface area contributed by atoms with Gasteiger partial charge in [-0.05, 0) is 17.7 Å². The van der Waals surface area contributed by atoms with Crippen molar-refractivity contribution < 1.29 is 18.4 Å². The summed E-state index contributed by atoms with van der Waals surface area (Å²) in [5, 5.41) is 10.4. The van der Waals surface area contributed by atoms with Crippen LogP contribution in [0.25, 0.3) is 0 Å². The van der Waals surface area contributed by atoms with Gasteiger partial charge in [0.2, 0.25) is 5.82 Å². The Bertz CT molecular complexity index is 664. The van der Waals surface area contributed by atoms with Gasteiger partial charge in [0, 0.05) is 12.3 Å². The molecule has 0 atom stereocenters. The van der Waals surface area contributed by atoms with Gasteiger partial charge in [-0.25, -0.2) is 9.37 Å². The highest BCUT2D eigenvalue weighted by molar-refractivity contribution is 5.39. The number of nitro groups is 1. The molecule has 20 heavy (non-hydrogen) atoms. The third-order valence-corrected chi connectivity index (χ3v) is 2.44. The van der Waals surface area contributed by atoms with E-state index in [0.29, 0.717) is 17.7 Å². The maximum atomic E-state index is 13.5. The van der Waals surface area contributed by atoms with Crippen LogP contribution in [0.5, 0.6) is 5.75 Å². The number of hydrogen-bond acceptors (Lipinski definition) is 5. The number of halogens is 2. The summed E-state index contributed by atoms with van der Waals surface area (Å²) >= 11 is 0. The Morgan fingerprint density at radius 2 is 2.05 bits per heavy atom. The first-order valence-electron chi connectivity index (χ1n) is 5.44. The van der Waals surface area contributed by atoms with Crippen LogP contribution in [0.3, 0.4) is 0 Å². The normalized spacial score (nSPS) is 10.3. The molecule has 0 aliphatic carbocycles. The fraction of sp³-hybridized carbons (Fsp3) is 0.0833. The highest BCUT2D eigenvalue weighted by atomic mass is 19.1. The predicted molar refractivity (Wildman–Crippen MR) is 66.0 cm³/mol. The number of pyridine rings is 1. The summed E-state index contributed by atoms with van der Waals surface area (Å²) in [5.41, 5.74) is 5.12. The highest BCUT2D eigenvalue weighted by Gasteiger charge is 2.19. The first-order valence-corrected chi connectivity index (χ1v) is 5.44. The van der Waals surface area contributed by atoms with Gasteiger partial charge in [-0.1, -0.05) is 0 Å². The average Bonchev–Trinajstić information content (AvgIpc) is 2.39. The van der Waals surface area contributed by atoms with E-state index in [9.17, 15) is 18.9 Å². The Morgan fingerprint density at radius 3 is 2.70 bits per heavy atom. The summed E-state index contributed by atoms with van der Waals surface area (Å²) in [6.45, 7) is -0.0686. The van der Waals surface area contributed by atoms with Crippen molar-refractivity contribution in [2.75, 3.05) is 5.73 Å². The van der Waals surface area contributed by atoms with Gasteiger partial charge in [0.1, 0.15) is 12.4 Å². The first-order chi connectivity index (χ1) is 9.47. The molecule has 104 valence electrons. The Balaban J connectivity index is 2.18. The van der Waals surface area contributed by atoms with Crippen LogP contribution < -0.4 is 10.5 Å². The Morgan fingerprint density at radius 1 is 1.30 bits per heavy atom. The number of rotatable bonds is 4. The minimum atomic E-state index is -1.17. The maximum absolute atomic E-state index is 13.5. The van der Waals surface area contributed by atoms with Gasteiger partial charge in [0.25, 0.3) is 0 Å². The van der Waals surface area contributed by atoms with Crippen LogP contribution in [-0.2, 0) is 6.61 Å². The van der Waals surface area contributed by atoms with E-state index in [0.717, 1.165) is 0 Å². The van der Waals surface area contributed by atoms with Crippen LogP contribution >= 0.6 is 0 Å². The molecule has 0 aliphatic heterocycles. The topological polar surface area (TPSA) is 91.3 Å². The second-order valence-electron chi connectivity index (χ2n) is 3.87. The average molecular weight is 281 g/mol. The van der Waals surface area contributed by atoms with Gasteiger partial charge in [0.15, 0.2) is 11.6 Å². The molecule has 2 aromatic rings. The van der Waals surface area contributed by atoms with Gasteiger partial charge in [-0.2, -0.15) is 4.39 Å². The number of hydrogen-bond donors (Lipinski definition) is 1. The molecule has 1 aromatic carbocycles. The van der Waals surface area contributed by atoms with Crippen LogP contribution in [0, 0.1) is 21.7 Å². The van der Waals surface area contributed by atoms with Crippen molar-refractivity contribution in [3.8, 4) is 5.75 Å². The van der Waals surface area contributed by atoms with Gasteiger partial charge in [-0.15, -0.1) is 0 Å². The van der Waals surface area contributed by atoms with Crippen LogP contribution in [0.2, 0.25) is 0 Å². The van der Waals surface area contributed by atoms with E-state index in [1.165, 1.54) is 12.3 Å². The highest BCUT2D eigenvalue weighted by Crippen LogP contribution is 2.26. The zero-order chi connectivity index (χ0) is 14.7. The summed E-state index contributed by atoms with van der Waals surface area (Å²) in [7, 11) is 0. The van der Waals surface area contributed by atoms with E-state index in [1.807, 2.05) is 0 Å². The lowest BCUT2D eigenvalue weighted by Gasteiger charge is -2.08. The SMILES string of the molecule is Nc1cc(COc2cc(F)c([N+](=O)[O-])cc2F)ccn1. The standard InChI is InChI=1S/C12H9F2N3O3/c13-8-5-11(9(14)4-10(8)17(18)19)20-6-7-1-2-16-12(15)3-7/h1-5H,6H2,(H2,15,16). The number of nitrogens with zero attached hydrogens (tertiary/aromatic N) is 2. The lowest BCUT2D eigenvalue weighted by atomic mass is 10.2. The number of nitro benzene ring substituents is 1. The fourth-order valence-electron chi connectivity index (χ4n) is 1.51. The van der Waals surface area contributed by atoms with E-state index in [4.69, 9.17) is 10.5 Å². The monoisotopic (exact) mass is 281 g/mol. The van der Waals surface area contributed by atoms with Gasteiger partial charge >= 0.3 is 5.69 Å². The molecule has 0 spiro atoms. The Kier molecular flexibility index (Phi) is 3.74. The van der Waals surface area contributed by atoms with Crippen molar-refractivity contribution in [2.45, 2.75) is 6.61 Å². The summed E-state index contributed by atoms with van der Waals surface area (Å²) in [6.07, 6.45) is 1.45. The molecule has 0 amide bonds. The molecular weight excluding hydrogens is 272 g/mol. The molecule has 2 rings (SSSR count). The molecule has 0 radical (unpaired) electrons. The molecule has 0 bridgehead atoms. The number of ether oxygens (including phenoxy) is 1. The molecule has 0 aliphatic rings. The quantitative estimate of drug-likeness (QED) is 0.686. The molecule has 0 fully saturated rings. The molecule has 8 heteroatoms. The number of benzene rings is 1. The van der Waals surface area contributed by atoms with Gasteiger partial charge < -0.3 is 10.5 Å².